The van der Waals surface area contributed by atoms with Crippen LogP contribution in [-0.2, 0) is 4.79 Å². The summed E-state index contributed by atoms with van der Waals surface area (Å²) in [5.74, 6) is -1.22. The second-order valence-corrected chi connectivity index (χ2v) is 4.97. The third-order valence-corrected chi connectivity index (χ3v) is 3.68. The van der Waals surface area contributed by atoms with Gasteiger partial charge in [-0.15, -0.1) is 0 Å². The van der Waals surface area contributed by atoms with Gasteiger partial charge >= 0.3 is 5.97 Å². The third-order valence-electron chi connectivity index (χ3n) is 3.68. The van der Waals surface area contributed by atoms with Crippen molar-refractivity contribution in [1.29, 1.82) is 0 Å². The molecule has 4 nitrogen and oxygen atoms in total. The summed E-state index contributed by atoms with van der Waals surface area (Å²) < 4.78 is 12.9. The molecule has 0 heterocycles. The minimum atomic E-state index is -1.15. The van der Waals surface area contributed by atoms with Crippen LogP contribution in [0.1, 0.15) is 33.1 Å². The number of nitrogens with two attached hydrogens (primary N) is 1. The van der Waals surface area contributed by atoms with E-state index in [2.05, 4.69) is 4.90 Å². The summed E-state index contributed by atoms with van der Waals surface area (Å²) in [6, 6.07) is 6.31. The molecule has 0 fully saturated rings. The number of aliphatic carboxylic acids is 1. The number of nitrogens with zero attached hydrogens (tertiary/aromatic N) is 1. The van der Waals surface area contributed by atoms with E-state index in [4.69, 9.17) is 10.8 Å². The SMILES string of the molecule is CCN(CCCC(N)(CC)C(=O)O)c1ccc(F)cc1. The Balaban J connectivity index is 2.58. The van der Waals surface area contributed by atoms with Crippen LogP contribution in [0.2, 0.25) is 0 Å². The van der Waals surface area contributed by atoms with Gasteiger partial charge in [0.25, 0.3) is 0 Å². The van der Waals surface area contributed by atoms with Gasteiger partial charge in [-0.1, -0.05) is 6.92 Å². The quantitative estimate of drug-likeness (QED) is 0.769. The highest BCUT2D eigenvalue weighted by atomic mass is 19.1. The first-order valence-corrected chi connectivity index (χ1v) is 6.95. The number of carbonyl (C=O) groups is 1. The first-order chi connectivity index (χ1) is 9.42. The van der Waals surface area contributed by atoms with Crippen molar-refractivity contribution in [2.75, 3.05) is 18.0 Å². The average Bonchev–Trinajstić information content (AvgIpc) is 2.44. The van der Waals surface area contributed by atoms with Crippen LogP contribution >= 0.6 is 0 Å². The number of carboxylic acid groups (broad SMARTS) is 1. The molecule has 1 unspecified atom stereocenters. The first kappa shape index (κ1) is 16.4. The van der Waals surface area contributed by atoms with Gasteiger partial charge in [-0.3, -0.25) is 4.79 Å². The Labute approximate surface area is 119 Å². The predicted molar refractivity (Wildman–Crippen MR) is 78.4 cm³/mol. The molecule has 20 heavy (non-hydrogen) atoms. The Morgan fingerprint density at radius 1 is 1.35 bits per heavy atom. The highest BCUT2D eigenvalue weighted by Gasteiger charge is 2.31. The van der Waals surface area contributed by atoms with Crippen LogP contribution in [-0.4, -0.2) is 29.7 Å². The molecule has 3 N–H and O–H groups in total. The lowest BCUT2D eigenvalue weighted by Gasteiger charge is -2.27. The van der Waals surface area contributed by atoms with E-state index in [0.29, 0.717) is 25.8 Å². The standard InChI is InChI=1S/C15H23FN2O2/c1-3-15(17,14(19)20)10-5-11-18(4-2)13-8-6-12(16)7-9-13/h6-9H,3-5,10-11,17H2,1-2H3,(H,19,20). The molecule has 1 atom stereocenters. The number of rotatable bonds is 8. The van der Waals surface area contributed by atoms with Crippen molar-refractivity contribution in [3.05, 3.63) is 30.1 Å². The second kappa shape index (κ2) is 7.24. The van der Waals surface area contributed by atoms with E-state index >= 15 is 0 Å². The zero-order chi connectivity index (χ0) is 15.2. The molecule has 0 saturated carbocycles. The van der Waals surface area contributed by atoms with Gasteiger partial charge in [0.15, 0.2) is 0 Å². The first-order valence-electron chi connectivity index (χ1n) is 6.95. The Kier molecular flexibility index (Phi) is 5.95. The zero-order valence-corrected chi connectivity index (χ0v) is 12.1. The Morgan fingerprint density at radius 3 is 2.40 bits per heavy atom. The summed E-state index contributed by atoms with van der Waals surface area (Å²) in [5, 5.41) is 9.12. The van der Waals surface area contributed by atoms with Crippen LogP contribution in [0.25, 0.3) is 0 Å². The Morgan fingerprint density at radius 2 is 1.95 bits per heavy atom. The van der Waals surface area contributed by atoms with Gasteiger partial charge in [0, 0.05) is 18.8 Å². The molecule has 0 aliphatic rings. The number of carboxylic acids is 1. The summed E-state index contributed by atoms with van der Waals surface area (Å²) >= 11 is 0. The van der Waals surface area contributed by atoms with Crippen LogP contribution in [0.3, 0.4) is 0 Å². The lowest BCUT2D eigenvalue weighted by Crippen LogP contribution is -2.47. The van der Waals surface area contributed by atoms with Crippen LogP contribution < -0.4 is 10.6 Å². The van der Waals surface area contributed by atoms with Crippen molar-refractivity contribution in [2.45, 2.75) is 38.6 Å². The highest BCUT2D eigenvalue weighted by molar-refractivity contribution is 5.78. The van der Waals surface area contributed by atoms with E-state index in [9.17, 15) is 9.18 Å². The van der Waals surface area contributed by atoms with E-state index in [1.54, 1.807) is 19.1 Å². The molecule has 112 valence electrons. The predicted octanol–water partition coefficient (Wildman–Crippen LogP) is 2.62. The molecular formula is C15H23FN2O2. The lowest BCUT2D eigenvalue weighted by atomic mass is 9.92. The minimum absolute atomic E-state index is 0.261. The molecule has 0 aromatic heterocycles. The number of halogens is 1. The topological polar surface area (TPSA) is 66.6 Å². The molecule has 0 radical (unpaired) electrons. The molecule has 5 heteroatoms. The maximum absolute atomic E-state index is 12.9. The largest absolute Gasteiger partial charge is 0.480 e. The fourth-order valence-corrected chi connectivity index (χ4v) is 2.14. The third kappa shape index (κ3) is 4.20. The molecule has 1 aromatic rings. The molecule has 0 aliphatic heterocycles. The van der Waals surface area contributed by atoms with Gasteiger partial charge in [-0.25, -0.2) is 4.39 Å². The fourth-order valence-electron chi connectivity index (χ4n) is 2.14. The number of hydrogen-bond acceptors (Lipinski definition) is 3. The van der Waals surface area contributed by atoms with Crippen molar-refractivity contribution in [3.63, 3.8) is 0 Å². The van der Waals surface area contributed by atoms with Crippen LogP contribution in [0.5, 0.6) is 0 Å². The number of anilines is 1. The van der Waals surface area contributed by atoms with Crippen molar-refractivity contribution in [1.82, 2.24) is 0 Å². The normalized spacial score (nSPS) is 13.8. The van der Waals surface area contributed by atoms with Gasteiger partial charge in [0.05, 0.1) is 0 Å². The van der Waals surface area contributed by atoms with E-state index in [0.717, 1.165) is 12.2 Å². The smallest absolute Gasteiger partial charge is 0.323 e. The summed E-state index contributed by atoms with van der Waals surface area (Å²) in [5.41, 5.74) is 5.64. The van der Waals surface area contributed by atoms with Crippen molar-refractivity contribution >= 4 is 11.7 Å². The summed E-state index contributed by atoms with van der Waals surface area (Å²) in [6.45, 7) is 5.28. The van der Waals surface area contributed by atoms with Gasteiger partial charge in [-0.05, 0) is 50.5 Å². The van der Waals surface area contributed by atoms with E-state index in [1.165, 1.54) is 12.1 Å². The minimum Gasteiger partial charge on any atom is -0.480 e. The van der Waals surface area contributed by atoms with Crippen molar-refractivity contribution < 1.29 is 14.3 Å². The molecule has 0 saturated heterocycles. The van der Waals surface area contributed by atoms with Crippen LogP contribution in [0.4, 0.5) is 10.1 Å². The molecular weight excluding hydrogens is 259 g/mol. The second-order valence-electron chi connectivity index (χ2n) is 4.97. The molecule has 1 rings (SSSR count). The zero-order valence-electron chi connectivity index (χ0n) is 12.1. The molecule has 1 aromatic carbocycles. The lowest BCUT2D eigenvalue weighted by molar-refractivity contribution is -0.143. The van der Waals surface area contributed by atoms with E-state index < -0.39 is 11.5 Å². The van der Waals surface area contributed by atoms with Crippen molar-refractivity contribution in [3.8, 4) is 0 Å². The average molecular weight is 282 g/mol. The van der Waals surface area contributed by atoms with Crippen LogP contribution in [0, 0.1) is 5.82 Å². The number of hydrogen-bond donors (Lipinski definition) is 2. The van der Waals surface area contributed by atoms with E-state index in [-0.39, 0.29) is 5.82 Å². The maximum Gasteiger partial charge on any atom is 0.323 e. The Bertz CT molecular complexity index is 436. The summed E-state index contributed by atoms with van der Waals surface area (Å²) in [6.07, 6.45) is 1.52. The number of benzene rings is 1. The summed E-state index contributed by atoms with van der Waals surface area (Å²) in [4.78, 5) is 13.2. The molecule has 0 amide bonds. The fraction of sp³-hybridized carbons (Fsp3) is 0.533. The molecule has 0 bridgehead atoms. The van der Waals surface area contributed by atoms with Crippen LogP contribution in [0.15, 0.2) is 24.3 Å². The maximum atomic E-state index is 12.9. The monoisotopic (exact) mass is 282 g/mol. The highest BCUT2D eigenvalue weighted by Crippen LogP contribution is 2.18. The Hall–Kier alpha value is -1.62. The van der Waals surface area contributed by atoms with Gasteiger partial charge in [-0.2, -0.15) is 0 Å². The van der Waals surface area contributed by atoms with Gasteiger partial charge < -0.3 is 15.7 Å². The van der Waals surface area contributed by atoms with Gasteiger partial charge in [0.2, 0.25) is 0 Å². The molecule has 0 aliphatic carbocycles. The van der Waals surface area contributed by atoms with Gasteiger partial charge in [0.1, 0.15) is 11.4 Å². The summed E-state index contributed by atoms with van der Waals surface area (Å²) in [7, 11) is 0. The van der Waals surface area contributed by atoms with Crippen molar-refractivity contribution in [2.24, 2.45) is 5.73 Å². The van der Waals surface area contributed by atoms with E-state index in [1.807, 2.05) is 6.92 Å². The molecule has 0 spiro atoms.